The van der Waals surface area contributed by atoms with E-state index < -0.39 is 0 Å². The molecular weight excluding hydrogens is 92.1 g/mol. The van der Waals surface area contributed by atoms with Crippen LogP contribution in [-0.4, -0.2) is 19.5 Å². The number of hydrogen-bond donors (Lipinski definition) is 0. The molecule has 7 heavy (non-hydrogen) atoms. The zero-order valence-corrected chi connectivity index (χ0v) is 4.09. The van der Waals surface area contributed by atoms with E-state index in [1.807, 2.05) is 0 Å². The first-order chi connectivity index (χ1) is 3.41. The Morgan fingerprint density at radius 2 is 2.29 bits per heavy atom. The highest BCUT2D eigenvalue weighted by molar-refractivity contribution is 5.50. The Kier molecular flexibility index (Phi) is 4.89. The van der Waals surface area contributed by atoms with Crippen molar-refractivity contribution in [2.24, 2.45) is 0 Å². The fraction of sp³-hybridized carbons (Fsp3) is 0.400. The van der Waals surface area contributed by atoms with Crippen LogP contribution in [0.3, 0.4) is 0 Å². The second-order valence-electron chi connectivity index (χ2n) is 0.993. The van der Waals surface area contributed by atoms with Gasteiger partial charge in [-0.1, -0.05) is 6.08 Å². The quantitative estimate of drug-likeness (QED) is 0.290. The van der Waals surface area contributed by atoms with E-state index in [0.717, 1.165) is 0 Å². The van der Waals surface area contributed by atoms with E-state index in [1.165, 1.54) is 0 Å². The normalized spacial score (nSPS) is 8.00. The zero-order valence-electron chi connectivity index (χ0n) is 4.09. The average Bonchev–Trinajstić information content (AvgIpc) is 1.69. The standard InChI is InChI=1S/C5H8O2/c1-2-4-7-5-3-6/h2-3H,1,4-5H2. The summed E-state index contributed by atoms with van der Waals surface area (Å²) in [7, 11) is 0. The molecule has 0 spiro atoms. The third-order valence-electron chi connectivity index (χ3n) is 0.422. The van der Waals surface area contributed by atoms with Crippen molar-refractivity contribution < 1.29 is 9.53 Å². The molecule has 40 valence electrons. The lowest BCUT2D eigenvalue weighted by Crippen LogP contribution is -1.93. The van der Waals surface area contributed by atoms with Crippen LogP contribution in [0.25, 0.3) is 0 Å². The Morgan fingerprint density at radius 1 is 1.57 bits per heavy atom. The number of ether oxygens (including phenoxy) is 1. The molecule has 0 radical (unpaired) electrons. The molecule has 0 rings (SSSR count). The maximum atomic E-state index is 9.52. The summed E-state index contributed by atoms with van der Waals surface area (Å²) in [6.07, 6.45) is 2.31. The molecular formula is C5H8O2. The Bertz CT molecular complexity index is 51.1. The summed E-state index contributed by atoms with van der Waals surface area (Å²) < 4.78 is 4.65. The topological polar surface area (TPSA) is 26.3 Å². The van der Waals surface area contributed by atoms with Crippen LogP contribution >= 0.6 is 0 Å². The lowest BCUT2D eigenvalue weighted by Gasteiger charge is -1.87. The predicted octanol–water partition coefficient (Wildman–Crippen LogP) is 0.388. The van der Waals surface area contributed by atoms with Gasteiger partial charge in [0.2, 0.25) is 0 Å². The highest BCUT2D eigenvalue weighted by atomic mass is 16.5. The smallest absolute Gasteiger partial charge is 0.145 e. The molecule has 0 aromatic carbocycles. The molecule has 0 saturated heterocycles. The summed E-state index contributed by atoms with van der Waals surface area (Å²) in [6.45, 7) is 4.02. The van der Waals surface area contributed by atoms with Crippen molar-refractivity contribution in [3.63, 3.8) is 0 Å². The monoisotopic (exact) mass is 100 g/mol. The van der Waals surface area contributed by atoms with E-state index in [0.29, 0.717) is 12.9 Å². The van der Waals surface area contributed by atoms with E-state index in [2.05, 4.69) is 11.3 Å². The molecule has 0 atom stereocenters. The molecule has 0 N–H and O–H groups in total. The van der Waals surface area contributed by atoms with Gasteiger partial charge in [-0.05, 0) is 0 Å². The number of aldehydes is 1. The van der Waals surface area contributed by atoms with Gasteiger partial charge < -0.3 is 9.53 Å². The van der Waals surface area contributed by atoms with Crippen LogP contribution in [0.15, 0.2) is 12.7 Å². The molecule has 0 saturated carbocycles. The zero-order chi connectivity index (χ0) is 5.54. The number of carbonyl (C=O) groups excluding carboxylic acids is 1. The van der Waals surface area contributed by atoms with Crippen LogP contribution in [0, 0.1) is 0 Å². The van der Waals surface area contributed by atoms with Gasteiger partial charge in [0.25, 0.3) is 0 Å². The van der Waals surface area contributed by atoms with Crippen molar-refractivity contribution in [1.82, 2.24) is 0 Å². The van der Waals surface area contributed by atoms with Crippen molar-refractivity contribution >= 4 is 6.29 Å². The molecule has 0 aliphatic rings. The third-order valence-corrected chi connectivity index (χ3v) is 0.422. The van der Waals surface area contributed by atoms with Gasteiger partial charge in [-0.2, -0.15) is 0 Å². The molecule has 0 aromatic rings. The van der Waals surface area contributed by atoms with E-state index in [9.17, 15) is 4.79 Å². The average molecular weight is 100 g/mol. The third kappa shape index (κ3) is 5.37. The van der Waals surface area contributed by atoms with Crippen molar-refractivity contribution in [2.45, 2.75) is 0 Å². The van der Waals surface area contributed by atoms with Crippen LogP contribution in [0.5, 0.6) is 0 Å². The van der Waals surface area contributed by atoms with Crippen LogP contribution in [0.4, 0.5) is 0 Å². The van der Waals surface area contributed by atoms with Gasteiger partial charge in [0.15, 0.2) is 0 Å². The van der Waals surface area contributed by atoms with E-state index in [1.54, 1.807) is 6.08 Å². The van der Waals surface area contributed by atoms with Crippen LogP contribution in [-0.2, 0) is 9.53 Å². The molecule has 2 heteroatoms. The first kappa shape index (κ1) is 6.37. The lowest BCUT2D eigenvalue weighted by molar-refractivity contribution is -0.111. The first-order valence-corrected chi connectivity index (χ1v) is 2.04. The summed E-state index contributed by atoms with van der Waals surface area (Å²) in [4.78, 5) is 9.52. The van der Waals surface area contributed by atoms with Gasteiger partial charge in [0.1, 0.15) is 12.9 Å². The van der Waals surface area contributed by atoms with Crippen LogP contribution < -0.4 is 0 Å². The molecule has 0 heterocycles. The largest absolute Gasteiger partial charge is 0.370 e. The predicted molar refractivity (Wildman–Crippen MR) is 27.1 cm³/mol. The Balaban J connectivity index is 2.68. The Morgan fingerprint density at radius 3 is 2.71 bits per heavy atom. The molecule has 0 amide bonds. The second kappa shape index (κ2) is 5.37. The van der Waals surface area contributed by atoms with Crippen LogP contribution in [0.1, 0.15) is 0 Å². The summed E-state index contributed by atoms with van der Waals surface area (Å²) in [5.74, 6) is 0. The minimum Gasteiger partial charge on any atom is -0.370 e. The van der Waals surface area contributed by atoms with Crippen molar-refractivity contribution in [3.8, 4) is 0 Å². The van der Waals surface area contributed by atoms with E-state index in [4.69, 9.17) is 0 Å². The van der Waals surface area contributed by atoms with Gasteiger partial charge in [0.05, 0.1) is 6.61 Å². The molecule has 2 nitrogen and oxygen atoms in total. The summed E-state index contributed by atoms with van der Waals surface area (Å²) >= 11 is 0. The summed E-state index contributed by atoms with van der Waals surface area (Å²) in [5, 5.41) is 0. The van der Waals surface area contributed by atoms with Gasteiger partial charge >= 0.3 is 0 Å². The summed E-state index contributed by atoms with van der Waals surface area (Å²) in [6, 6.07) is 0. The SMILES string of the molecule is C=CCOCC=O. The van der Waals surface area contributed by atoms with Gasteiger partial charge in [-0.3, -0.25) is 0 Å². The minimum atomic E-state index is 0.173. The molecule has 0 aliphatic heterocycles. The fourth-order valence-electron chi connectivity index (χ4n) is 0.199. The van der Waals surface area contributed by atoms with Gasteiger partial charge in [0, 0.05) is 0 Å². The molecule has 0 unspecified atom stereocenters. The highest BCUT2D eigenvalue weighted by Gasteiger charge is 1.74. The molecule has 0 bridgehead atoms. The maximum absolute atomic E-state index is 9.52. The molecule has 0 aliphatic carbocycles. The van der Waals surface area contributed by atoms with Crippen molar-refractivity contribution in [3.05, 3.63) is 12.7 Å². The number of rotatable bonds is 4. The number of carbonyl (C=O) groups is 1. The Hall–Kier alpha value is -0.630. The maximum Gasteiger partial charge on any atom is 0.145 e. The summed E-state index contributed by atoms with van der Waals surface area (Å²) in [5.41, 5.74) is 0. The van der Waals surface area contributed by atoms with Crippen molar-refractivity contribution in [1.29, 1.82) is 0 Å². The van der Waals surface area contributed by atoms with E-state index in [-0.39, 0.29) is 6.61 Å². The van der Waals surface area contributed by atoms with Gasteiger partial charge in [-0.25, -0.2) is 0 Å². The van der Waals surface area contributed by atoms with Gasteiger partial charge in [-0.15, -0.1) is 6.58 Å². The first-order valence-electron chi connectivity index (χ1n) is 2.04. The second-order valence-corrected chi connectivity index (χ2v) is 0.993. The van der Waals surface area contributed by atoms with Crippen molar-refractivity contribution in [2.75, 3.05) is 13.2 Å². The fourth-order valence-corrected chi connectivity index (χ4v) is 0.199. The minimum absolute atomic E-state index is 0.173. The number of hydrogen-bond acceptors (Lipinski definition) is 2. The van der Waals surface area contributed by atoms with Crippen LogP contribution in [0.2, 0.25) is 0 Å². The molecule has 0 fully saturated rings. The highest BCUT2D eigenvalue weighted by Crippen LogP contribution is 1.68. The molecule has 0 aromatic heterocycles. The lowest BCUT2D eigenvalue weighted by atomic mass is 10.7. The van der Waals surface area contributed by atoms with E-state index >= 15 is 0 Å². The Labute approximate surface area is 42.8 Å².